The number of nitrogens with zero attached hydrogens (tertiary/aromatic N) is 2. The molecule has 24 heavy (non-hydrogen) atoms. The predicted molar refractivity (Wildman–Crippen MR) is 95.2 cm³/mol. The molecule has 1 fully saturated rings. The highest BCUT2D eigenvalue weighted by molar-refractivity contribution is 5.68. The number of nitrogen functional groups attached to an aromatic ring is 1. The maximum atomic E-state index is 12.0. The quantitative estimate of drug-likeness (QED) is 0.662. The first-order chi connectivity index (χ1) is 11.3. The molecular weight excluding hydrogens is 306 g/mol. The monoisotopic (exact) mass is 335 g/mol. The summed E-state index contributed by atoms with van der Waals surface area (Å²) < 4.78 is 11.1. The Morgan fingerprint density at radius 3 is 2.54 bits per heavy atom. The van der Waals surface area contributed by atoms with E-state index in [9.17, 15) is 4.79 Å². The summed E-state index contributed by atoms with van der Waals surface area (Å²) in [6.45, 7) is 10.5. The van der Waals surface area contributed by atoms with E-state index in [0.717, 1.165) is 31.8 Å². The van der Waals surface area contributed by atoms with E-state index < -0.39 is 5.60 Å². The number of piperazine rings is 1. The largest absolute Gasteiger partial charge is 0.493 e. The van der Waals surface area contributed by atoms with Gasteiger partial charge in [0.2, 0.25) is 0 Å². The molecule has 0 spiro atoms. The van der Waals surface area contributed by atoms with Crippen molar-refractivity contribution < 1.29 is 14.3 Å². The van der Waals surface area contributed by atoms with E-state index in [4.69, 9.17) is 15.2 Å². The Kier molecular flexibility index (Phi) is 6.31. The van der Waals surface area contributed by atoms with Crippen LogP contribution in [0.5, 0.6) is 5.75 Å². The topological polar surface area (TPSA) is 68.0 Å². The lowest BCUT2D eigenvalue weighted by Crippen LogP contribution is -2.50. The minimum atomic E-state index is -0.438. The van der Waals surface area contributed by atoms with Gasteiger partial charge in [0, 0.05) is 44.5 Å². The average Bonchev–Trinajstić information content (AvgIpc) is 2.50. The number of rotatable bonds is 5. The number of benzene rings is 1. The SMILES string of the molecule is CC(C)(C)OC(=O)N1CCN(CCCOc2cccc(N)c2)CC1. The van der Waals surface area contributed by atoms with Gasteiger partial charge in [0.1, 0.15) is 11.4 Å². The molecule has 1 aromatic rings. The Balaban J connectivity index is 1.62. The van der Waals surface area contributed by atoms with Crippen LogP contribution in [0.4, 0.5) is 10.5 Å². The second kappa shape index (κ2) is 8.24. The van der Waals surface area contributed by atoms with E-state index in [-0.39, 0.29) is 6.09 Å². The molecule has 0 radical (unpaired) electrons. The van der Waals surface area contributed by atoms with Gasteiger partial charge in [-0.3, -0.25) is 4.90 Å². The van der Waals surface area contributed by atoms with Gasteiger partial charge in [0.05, 0.1) is 6.61 Å². The zero-order chi connectivity index (χ0) is 17.6. The van der Waals surface area contributed by atoms with Gasteiger partial charge >= 0.3 is 6.09 Å². The Hall–Kier alpha value is -1.95. The summed E-state index contributed by atoms with van der Waals surface area (Å²) in [7, 11) is 0. The van der Waals surface area contributed by atoms with Gasteiger partial charge in [-0.2, -0.15) is 0 Å². The van der Waals surface area contributed by atoms with Gasteiger partial charge < -0.3 is 20.1 Å². The molecular formula is C18H29N3O3. The molecule has 1 saturated heterocycles. The number of amides is 1. The molecule has 1 amide bonds. The van der Waals surface area contributed by atoms with Crippen LogP contribution in [-0.2, 0) is 4.74 Å². The highest BCUT2D eigenvalue weighted by atomic mass is 16.6. The number of hydrogen-bond acceptors (Lipinski definition) is 5. The molecule has 0 unspecified atom stereocenters. The maximum absolute atomic E-state index is 12.0. The van der Waals surface area contributed by atoms with Crippen molar-refractivity contribution >= 4 is 11.8 Å². The second-order valence-corrected chi connectivity index (χ2v) is 7.08. The van der Waals surface area contributed by atoms with Gasteiger partial charge in [0.15, 0.2) is 0 Å². The van der Waals surface area contributed by atoms with Gasteiger partial charge in [-0.25, -0.2) is 4.79 Å². The zero-order valence-corrected chi connectivity index (χ0v) is 15.0. The summed E-state index contributed by atoms with van der Waals surface area (Å²) in [5, 5.41) is 0. The first-order valence-corrected chi connectivity index (χ1v) is 8.52. The summed E-state index contributed by atoms with van der Waals surface area (Å²) in [4.78, 5) is 16.2. The van der Waals surface area contributed by atoms with E-state index in [0.29, 0.717) is 25.4 Å². The molecule has 0 bridgehead atoms. The predicted octanol–water partition coefficient (Wildman–Crippen LogP) is 2.59. The van der Waals surface area contributed by atoms with Crippen molar-refractivity contribution in [2.75, 3.05) is 45.1 Å². The Morgan fingerprint density at radius 2 is 1.92 bits per heavy atom. The number of nitrogens with two attached hydrogens (primary N) is 1. The summed E-state index contributed by atoms with van der Waals surface area (Å²) in [5.74, 6) is 0.810. The standard InChI is InChI=1S/C18H29N3O3/c1-18(2,3)24-17(22)21-11-9-20(10-12-21)8-5-13-23-16-7-4-6-15(19)14-16/h4,6-7,14H,5,8-13,19H2,1-3H3. The van der Waals surface area contributed by atoms with Gasteiger partial charge in [-0.05, 0) is 39.3 Å². The Labute approximate surface area is 144 Å². The smallest absolute Gasteiger partial charge is 0.410 e. The molecule has 0 aliphatic carbocycles. The molecule has 2 rings (SSSR count). The van der Waals surface area contributed by atoms with Crippen molar-refractivity contribution in [1.82, 2.24) is 9.80 Å². The fourth-order valence-electron chi connectivity index (χ4n) is 2.56. The normalized spacial score (nSPS) is 16.0. The average molecular weight is 335 g/mol. The van der Waals surface area contributed by atoms with Crippen LogP contribution in [0.15, 0.2) is 24.3 Å². The van der Waals surface area contributed by atoms with Gasteiger partial charge in [-0.1, -0.05) is 6.07 Å². The summed E-state index contributed by atoms with van der Waals surface area (Å²) in [5.41, 5.74) is 6.00. The first-order valence-electron chi connectivity index (χ1n) is 8.52. The molecule has 6 nitrogen and oxygen atoms in total. The van der Waals surface area contributed by atoms with Crippen molar-refractivity contribution in [2.24, 2.45) is 0 Å². The van der Waals surface area contributed by atoms with Crippen LogP contribution in [0.25, 0.3) is 0 Å². The van der Waals surface area contributed by atoms with Crippen molar-refractivity contribution in [3.63, 3.8) is 0 Å². The molecule has 0 saturated carbocycles. The Morgan fingerprint density at radius 1 is 1.21 bits per heavy atom. The molecule has 6 heteroatoms. The Bertz CT molecular complexity index is 535. The van der Waals surface area contributed by atoms with Crippen LogP contribution < -0.4 is 10.5 Å². The van der Waals surface area contributed by atoms with Crippen LogP contribution in [0.3, 0.4) is 0 Å². The van der Waals surface area contributed by atoms with Crippen LogP contribution in [0.1, 0.15) is 27.2 Å². The number of anilines is 1. The highest BCUT2D eigenvalue weighted by Crippen LogP contribution is 2.15. The van der Waals surface area contributed by atoms with E-state index >= 15 is 0 Å². The van der Waals surface area contributed by atoms with Crippen molar-refractivity contribution in [2.45, 2.75) is 32.8 Å². The molecule has 0 atom stereocenters. The van der Waals surface area contributed by atoms with E-state index in [2.05, 4.69) is 4.90 Å². The summed E-state index contributed by atoms with van der Waals surface area (Å²) >= 11 is 0. The number of carbonyl (C=O) groups excluding carboxylic acids is 1. The van der Waals surface area contributed by atoms with E-state index in [1.54, 1.807) is 4.90 Å². The molecule has 1 aliphatic heterocycles. The molecule has 0 aromatic heterocycles. The van der Waals surface area contributed by atoms with Crippen LogP contribution in [-0.4, -0.2) is 60.8 Å². The van der Waals surface area contributed by atoms with Crippen LogP contribution >= 0.6 is 0 Å². The van der Waals surface area contributed by atoms with Crippen LogP contribution in [0, 0.1) is 0 Å². The van der Waals surface area contributed by atoms with E-state index in [1.165, 1.54) is 0 Å². The number of hydrogen-bond donors (Lipinski definition) is 1. The van der Waals surface area contributed by atoms with Gasteiger partial charge in [-0.15, -0.1) is 0 Å². The zero-order valence-electron chi connectivity index (χ0n) is 15.0. The van der Waals surface area contributed by atoms with Crippen molar-refractivity contribution in [3.05, 3.63) is 24.3 Å². The second-order valence-electron chi connectivity index (χ2n) is 7.08. The van der Waals surface area contributed by atoms with Crippen molar-refractivity contribution in [1.29, 1.82) is 0 Å². The summed E-state index contributed by atoms with van der Waals surface area (Å²) in [6, 6.07) is 7.48. The molecule has 1 heterocycles. The molecule has 2 N–H and O–H groups in total. The fraction of sp³-hybridized carbons (Fsp3) is 0.611. The van der Waals surface area contributed by atoms with Crippen molar-refractivity contribution in [3.8, 4) is 5.75 Å². The van der Waals surface area contributed by atoms with E-state index in [1.807, 2.05) is 45.0 Å². The number of ether oxygens (including phenoxy) is 2. The third kappa shape index (κ3) is 6.28. The maximum Gasteiger partial charge on any atom is 0.410 e. The fourth-order valence-corrected chi connectivity index (χ4v) is 2.56. The molecule has 1 aromatic carbocycles. The third-order valence-corrected chi connectivity index (χ3v) is 3.77. The van der Waals surface area contributed by atoms with Gasteiger partial charge in [0.25, 0.3) is 0 Å². The molecule has 134 valence electrons. The molecule has 1 aliphatic rings. The van der Waals surface area contributed by atoms with Crippen LogP contribution in [0.2, 0.25) is 0 Å². The third-order valence-electron chi connectivity index (χ3n) is 3.77. The lowest BCUT2D eigenvalue weighted by molar-refractivity contribution is 0.0142. The lowest BCUT2D eigenvalue weighted by atomic mass is 10.2. The number of carbonyl (C=O) groups is 1. The minimum absolute atomic E-state index is 0.216. The summed E-state index contributed by atoms with van der Waals surface area (Å²) in [6.07, 6.45) is 0.730. The first kappa shape index (κ1) is 18.4. The lowest BCUT2D eigenvalue weighted by Gasteiger charge is -2.35. The minimum Gasteiger partial charge on any atom is -0.493 e. The highest BCUT2D eigenvalue weighted by Gasteiger charge is 2.25.